The van der Waals surface area contributed by atoms with Gasteiger partial charge in [0.1, 0.15) is 18.1 Å². The molecule has 1 N–H and O–H groups in total. The Morgan fingerprint density at radius 1 is 1.17 bits per heavy atom. The minimum atomic E-state index is -0.456. The van der Waals surface area contributed by atoms with Crippen molar-refractivity contribution in [2.24, 2.45) is 5.10 Å². The zero-order valence-electron chi connectivity index (χ0n) is 15.1. The molecule has 0 aliphatic heterocycles. The van der Waals surface area contributed by atoms with Crippen LogP contribution in [0.15, 0.2) is 81.3 Å². The predicted octanol–water partition coefficient (Wildman–Crippen LogP) is 3.46. The molecular formula is C21H15ClN4O3. The number of carbonyl (C=O) groups is 1. The molecule has 0 saturated heterocycles. The lowest BCUT2D eigenvalue weighted by molar-refractivity contribution is -0.121. The molecule has 29 heavy (non-hydrogen) atoms. The molecular weight excluding hydrogens is 392 g/mol. The van der Waals surface area contributed by atoms with Gasteiger partial charge in [0.15, 0.2) is 0 Å². The Hall–Kier alpha value is -3.71. The summed E-state index contributed by atoms with van der Waals surface area (Å²) in [5.74, 6) is 0.640. The third-order valence-electron chi connectivity index (χ3n) is 4.16. The summed E-state index contributed by atoms with van der Waals surface area (Å²) in [5.41, 5.74) is 3.51. The van der Waals surface area contributed by atoms with Crippen molar-refractivity contribution in [3.8, 4) is 11.3 Å². The Bertz CT molecular complexity index is 1280. The number of amides is 1. The summed E-state index contributed by atoms with van der Waals surface area (Å²) in [6.45, 7) is -0.195. The topological polar surface area (TPSA) is 89.5 Å². The number of rotatable bonds is 5. The fraction of sp³-hybridized carbons (Fsp3) is 0.0476. The Morgan fingerprint density at radius 2 is 2.03 bits per heavy atom. The minimum absolute atomic E-state index is 0.195. The van der Waals surface area contributed by atoms with E-state index in [4.69, 9.17) is 16.0 Å². The van der Waals surface area contributed by atoms with Crippen molar-refractivity contribution in [3.05, 3.63) is 88.1 Å². The molecule has 2 aromatic heterocycles. The SMILES string of the molecule is O=C(Cn1cnc2ccccc2c1=O)NN=Cc1ccc(-c2cccc(Cl)c2)o1. The Labute approximate surface area is 170 Å². The molecule has 0 saturated carbocycles. The fourth-order valence-corrected chi connectivity index (χ4v) is 2.99. The summed E-state index contributed by atoms with van der Waals surface area (Å²) >= 11 is 5.99. The van der Waals surface area contributed by atoms with Gasteiger partial charge in [-0.3, -0.25) is 14.2 Å². The van der Waals surface area contributed by atoms with Crippen molar-refractivity contribution in [1.29, 1.82) is 0 Å². The molecule has 0 spiro atoms. The van der Waals surface area contributed by atoms with Crippen LogP contribution >= 0.6 is 11.6 Å². The Morgan fingerprint density at radius 3 is 2.90 bits per heavy atom. The first-order chi connectivity index (χ1) is 14.1. The van der Waals surface area contributed by atoms with E-state index in [9.17, 15) is 9.59 Å². The number of hydrazone groups is 1. The first kappa shape index (κ1) is 18.6. The van der Waals surface area contributed by atoms with E-state index >= 15 is 0 Å². The van der Waals surface area contributed by atoms with Gasteiger partial charge in [0.05, 0.1) is 23.4 Å². The zero-order valence-corrected chi connectivity index (χ0v) is 15.8. The van der Waals surface area contributed by atoms with Crippen molar-refractivity contribution in [3.63, 3.8) is 0 Å². The predicted molar refractivity (Wildman–Crippen MR) is 111 cm³/mol. The van der Waals surface area contributed by atoms with Gasteiger partial charge in [-0.2, -0.15) is 5.10 Å². The number of halogens is 1. The number of nitrogens with one attached hydrogen (secondary N) is 1. The second-order valence-corrected chi connectivity index (χ2v) is 6.64. The molecule has 0 aliphatic carbocycles. The maximum Gasteiger partial charge on any atom is 0.261 e. The smallest absolute Gasteiger partial charge is 0.261 e. The number of para-hydroxylation sites is 1. The molecule has 0 radical (unpaired) electrons. The third-order valence-corrected chi connectivity index (χ3v) is 4.40. The van der Waals surface area contributed by atoms with Crippen LogP contribution in [0.1, 0.15) is 5.76 Å². The van der Waals surface area contributed by atoms with Crippen LogP contribution in [0.5, 0.6) is 0 Å². The van der Waals surface area contributed by atoms with Gasteiger partial charge in [0.25, 0.3) is 11.5 Å². The number of furan rings is 1. The van der Waals surface area contributed by atoms with Crippen LogP contribution in [-0.4, -0.2) is 21.7 Å². The van der Waals surface area contributed by atoms with Crippen LogP contribution in [0.25, 0.3) is 22.2 Å². The summed E-state index contributed by atoms with van der Waals surface area (Å²) in [6.07, 6.45) is 2.73. The third kappa shape index (κ3) is 4.25. The average molecular weight is 407 g/mol. The normalized spacial score (nSPS) is 11.2. The van der Waals surface area contributed by atoms with Crippen LogP contribution < -0.4 is 11.0 Å². The monoisotopic (exact) mass is 406 g/mol. The van der Waals surface area contributed by atoms with E-state index in [1.54, 1.807) is 48.5 Å². The second kappa shape index (κ2) is 8.12. The van der Waals surface area contributed by atoms with Crippen molar-refractivity contribution >= 4 is 34.6 Å². The quantitative estimate of drug-likeness (QED) is 0.406. The van der Waals surface area contributed by atoms with Gasteiger partial charge < -0.3 is 4.42 Å². The molecule has 0 bridgehead atoms. The van der Waals surface area contributed by atoms with Crippen molar-refractivity contribution in [2.45, 2.75) is 6.54 Å². The number of carbonyl (C=O) groups excluding carboxylic acids is 1. The first-order valence-corrected chi connectivity index (χ1v) is 9.10. The number of benzene rings is 2. The second-order valence-electron chi connectivity index (χ2n) is 6.20. The molecule has 4 rings (SSSR count). The molecule has 144 valence electrons. The van der Waals surface area contributed by atoms with Gasteiger partial charge in [-0.1, -0.05) is 35.9 Å². The number of aromatic nitrogens is 2. The highest BCUT2D eigenvalue weighted by atomic mass is 35.5. The number of hydrogen-bond donors (Lipinski definition) is 1. The van der Waals surface area contributed by atoms with E-state index in [0.717, 1.165) is 5.56 Å². The number of nitrogens with zero attached hydrogens (tertiary/aromatic N) is 3. The van der Waals surface area contributed by atoms with Gasteiger partial charge in [-0.15, -0.1) is 0 Å². The summed E-state index contributed by atoms with van der Waals surface area (Å²) < 4.78 is 6.90. The van der Waals surface area contributed by atoms with Crippen LogP contribution in [0.4, 0.5) is 0 Å². The number of fused-ring (bicyclic) bond motifs is 1. The van der Waals surface area contributed by atoms with E-state index in [-0.39, 0.29) is 12.1 Å². The highest BCUT2D eigenvalue weighted by Gasteiger charge is 2.08. The summed E-state index contributed by atoms with van der Waals surface area (Å²) in [4.78, 5) is 28.7. The molecule has 2 heterocycles. The fourth-order valence-electron chi connectivity index (χ4n) is 2.80. The molecule has 0 atom stereocenters. The lowest BCUT2D eigenvalue weighted by Gasteiger charge is -2.05. The zero-order chi connectivity index (χ0) is 20.2. The van der Waals surface area contributed by atoms with E-state index < -0.39 is 5.91 Å². The van der Waals surface area contributed by atoms with Crippen LogP contribution in [0.3, 0.4) is 0 Å². The molecule has 1 amide bonds. The standard InChI is InChI=1S/C21H15ClN4O3/c22-15-5-3-4-14(10-15)19-9-8-16(29-19)11-24-25-20(27)12-26-13-23-18-7-2-1-6-17(18)21(26)28/h1-11,13H,12H2,(H,25,27). The largest absolute Gasteiger partial charge is 0.455 e. The maximum absolute atomic E-state index is 12.4. The molecule has 7 nitrogen and oxygen atoms in total. The van der Waals surface area contributed by atoms with E-state index in [2.05, 4.69) is 15.5 Å². The molecule has 0 fully saturated rings. The van der Waals surface area contributed by atoms with Crippen LogP contribution in [0.2, 0.25) is 5.02 Å². The van der Waals surface area contributed by atoms with Crippen LogP contribution in [-0.2, 0) is 11.3 Å². The molecule has 4 aromatic rings. The van der Waals surface area contributed by atoms with Crippen LogP contribution in [0, 0.1) is 0 Å². The molecule has 0 aliphatic rings. The van der Waals surface area contributed by atoms with Gasteiger partial charge in [-0.25, -0.2) is 10.4 Å². The maximum atomic E-state index is 12.4. The van der Waals surface area contributed by atoms with Crippen molar-refractivity contribution in [2.75, 3.05) is 0 Å². The summed E-state index contributed by atoms with van der Waals surface area (Å²) in [7, 11) is 0. The van der Waals surface area contributed by atoms with Gasteiger partial charge in [0, 0.05) is 10.6 Å². The highest BCUT2D eigenvalue weighted by molar-refractivity contribution is 6.30. The van der Waals surface area contributed by atoms with Crippen molar-refractivity contribution in [1.82, 2.24) is 15.0 Å². The number of hydrogen-bond acceptors (Lipinski definition) is 5. The molecule has 8 heteroatoms. The average Bonchev–Trinajstić information content (AvgIpc) is 3.19. The van der Waals surface area contributed by atoms with E-state index in [1.807, 2.05) is 12.1 Å². The van der Waals surface area contributed by atoms with Gasteiger partial charge in [0.2, 0.25) is 0 Å². The van der Waals surface area contributed by atoms with Gasteiger partial charge in [-0.05, 0) is 36.4 Å². The molecule has 0 unspecified atom stereocenters. The highest BCUT2D eigenvalue weighted by Crippen LogP contribution is 2.24. The summed E-state index contributed by atoms with van der Waals surface area (Å²) in [6, 6.07) is 17.8. The molecule has 2 aromatic carbocycles. The summed E-state index contributed by atoms with van der Waals surface area (Å²) in [5, 5.41) is 4.94. The van der Waals surface area contributed by atoms with E-state index in [1.165, 1.54) is 17.1 Å². The Kier molecular flexibility index (Phi) is 5.22. The lowest BCUT2D eigenvalue weighted by Crippen LogP contribution is -2.30. The minimum Gasteiger partial charge on any atom is -0.455 e. The Balaban J connectivity index is 1.41. The lowest BCUT2D eigenvalue weighted by atomic mass is 10.2. The first-order valence-electron chi connectivity index (χ1n) is 8.72. The van der Waals surface area contributed by atoms with E-state index in [0.29, 0.717) is 27.4 Å². The van der Waals surface area contributed by atoms with Crippen molar-refractivity contribution < 1.29 is 9.21 Å². The van der Waals surface area contributed by atoms with Gasteiger partial charge >= 0.3 is 0 Å².